The Labute approximate surface area is 166 Å². The first-order valence-corrected chi connectivity index (χ1v) is 11.2. The van der Waals surface area contributed by atoms with E-state index in [-0.39, 0.29) is 12.1 Å². The van der Waals surface area contributed by atoms with Crippen molar-refractivity contribution in [3.63, 3.8) is 0 Å². The van der Waals surface area contributed by atoms with E-state index in [4.69, 9.17) is 4.74 Å². The molecule has 1 atom stereocenters. The van der Waals surface area contributed by atoms with Crippen molar-refractivity contribution in [2.75, 3.05) is 0 Å². The average molecular weight is 377 g/mol. The standard InChI is InChI=1S/C24H40O3/c1-2-3-4-5-6-7-8-12-17-22(25)18-13-9-10-16-21-24(26)27-23-19-14-11-15-20-23/h11,14-15,19-20,22,25H,2-10,12-13,16-18,21H2,1H3. The van der Waals surface area contributed by atoms with Gasteiger partial charge in [-0.15, -0.1) is 0 Å². The van der Waals surface area contributed by atoms with Gasteiger partial charge < -0.3 is 9.84 Å². The van der Waals surface area contributed by atoms with Gasteiger partial charge in [-0.2, -0.15) is 0 Å². The second-order valence-electron chi connectivity index (χ2n) is 7.66. The lowest BCUT2D eigenvalue weighted by atomic mass is 10.0. The summed E-state index contributed by atoms with van der Waals surface area (Å²) >= 11 is 0. The van der Waals surface area contributed by atoms with E-state index in [9.17, 15) is 9.90 Å². The summed E-state index contributed by atoms with van der Waals surface area (Å²) in [6, 6.07) is 9.22. The first-order valence-electron chi connectivity index (χ1n) is 11.2. The van der Waals surface area contributed by atoms with E-state index in [1.165, 1.54) is 44.9 Å². The molecule has 0 spiro atoms. The van der Waals surface area contributed by atoms with Crippen LogP contribution in [-0.4, -0.2) is 17.2 Å². The van der Waals surface area contributed by atoms with Crippen LogP contribution in [0.5, 0.6) is 5.75 Å². The predicted octanol–water partition coefficient (Wildman–Crippen LogP) is 6.82. The SMILES string of the molecule is CCCCCCCCCCC(O)CCCCCCC(=O)Oc1ccccc1. The first-order chi connectivity index (χ1) is 13.2. The smallest absolute Gasteiger partial charge is 0.311 e. The van der Waals surface area contributed by atoms with Crippen molar-refractivity contribution in [1.82, 2.24) is 0 Å². The zero-order valence-corrected chi connectivity index (χ0v) is 17.3. The zero-order chi connectivity index (χ0) is 19.6. The van der Waals surface area contributed by atoms with Gasteiger partial charge in [-0.25, -0.2) is 0 Å². The zero-order valence-electron chi connectivity index (χ0n) is 17.3. The van der Waals surface area contributed by atoms with Crippen LogP contribution in [0, 0.1) is 0 Å². The number of unbranched alkanes of at least 4 members (excludes halogenated alkanes) is 10. The van der Waals surface area contributed by atoms with Gasteiger partial charge in [-0.05, 0) is 31.4 Å². The Morgan fingerprint density at radius 3 is 1.93 bits per heavy atom. The topological polar surface area (TPSA) is 46.5 Å². The van der Waals surface area contributed by atoms with Gasteiger partial charge in [0.2, 0.25) is 0 Å². The molecule has 0 fully saturated rings. The van der Waals surface area contributed by atoms with Gasteiger partial charge in [0.15, 0.2) is 0 Å². The summed E-state index contributed by atoms with van der Waals surface area (Å²) in [5.41, 5.74) is 0. The van der Waals surface area contributed by atoms with E-state index >= 15 is 0 Å². The molecule has 1 N–H and O–H groups in total. The van der Waals surface area contributed by atoms with Crippen LogP contribution >= 0.6 is 0 Å². The molecule has 0 saturated heterocycles. The van der Waals surface area contributed by atoms with Crippen LogP contribution < -0.4 is 4.74 Å². The van der Waals surface area contributed by atoms with Crippen LogP contribution in [0.2, 0.25) is 0 Å². The van der Waals surface area contributed by atoms with Crippen molar-refractivity contribution in [1.29, 1.82) is 0 Å². The maximum absolute atomic E-state index is 11.7. The number of benzene rings is 1. The van der Waals surface area contributed by atoms with Gasteiger partial charge in [0.25, 0.3) is 0 Å². The Kier molecular flexibility index (Phi) is 14.7. The highest BCUT2D eigenvalue weighted by molar-refractivity contribution is 5.72. The first kappa shape index (κ1) is 23.7. The van der Waals surface area contributed by atoms with Gasteiger partial charge in [0.1, 0.15) is 5.75 Å². The van der Waals surface area contributed by atoms with Gasteiger partial charge in [-0.1, -0.05) is 95.8 Å². The molecule has 1 rings (SSSR count). The number of para-hydroxylation sites is 1. The lowest BCUT2D eigenvalue weighted by molar-refractivity contribution is -0.134. The minimum absolute atomic E-state index is 0.145. The monoisotopic (exact) mass is 376 g/mol. The molecule has 0 heterocycles. The number of aliphatic hydroxyl groups is 1. The Morgan fingerprint density at radius 2 is 1.33 bits per heavy atom. The van der Waals surface area contributed by atoms with E-state index < -0.39 is 0 Å². The highest BCUT2D eigenvalue weighted by Crippen LogP contribution is 2.15. The molecule has 0 radical (unpaired) electrons. The Morgan fingerprint density at radius 1 is 0.815 bits per heavy atom. The molecule has 3 heteroatoms. The molecule has 1 aromatic rings. The summed E-state index contributed by atoms with van der Waals surface area (Å²) < 4.78 is 5.27. The van der Waals surface area contributed by atoms with Crippen molar-refractivity contribution < 1.29 is 14.6 Å². The number of aliphatic hydroxyl groups excluding tert-OH is 1. The average Bonchev–Trinajstić information content (AvgIpc) is 2.67. The molecule has 0 aliphatic heterocycles. The molecule has 0 aliphatic rings. The summed E-state index contributed by atoms with van der Waals surface area (Å²) in [5.74, 6) is 0.461. The number of esters is 1. The van der Waals surface area contributed by atoms with E-state index in [0.29, 0.717) is 12.2 Å². The third-order valence-electron chi connectivity index (χ3n) is 5.03. The van der Waals surface area contributed by atoms with Crippen molar-refractivity contribution >= 4 is 5.97 Å². The molecule has 0 bridgehead atoms. The van der Waals surface area contributed by atoms with E-state index in [1.54, 1.807) is 12.1 Å². The lowest BCUT2D eigenvalue weighted by Gasteiger charge is -2.10. The third kappa shape index (κ3) is 14.4. The second-order valence-corrected chi connectivity index (χ2v) is 7.66. The number of carbonyl (C=O) groups excluding carboxylic acids is 1. The van der Waals surface area contributed by atoms with Crippen LogP contribution in [0.3, 0.4) is 0 Å². The van der Waals surface area contributed by atoms with Crippen molar-refractivity contribution in [3.05, 3.63) is 30.3 Å². The Balaban J connectivity index is 1.86. The van der Waals surface area contributed by atoms with Crippen LogP contribution in [0.15, 0.2) is 30.3 Å². The van der Waals surface area contributed by atoms with Gasteiger partial charge in [0, 0.05) is 6.42 Å². The summed E-state index contributed by atoms with van der Waals surface area (Å²) in [4.78, 5) is 11.7. The number of hydrogen-bond donors (Lipinski definition) is 1. The third-order valence-corrected chi connectivity index (χ3v) is 5.03. The fraction of sp³-hybridized carbons (Fsp3) is 0.708. The van der Waals surface area contributed by atoms with Crippen LogP contribution in [-0.2, 0) is 4.79 Å². The van der Waals surface area contributed by atoms with Gasteiger partial charge >= 0.3 is 5.97 Å². The fourth-order valence-corrected chi connectivity index (χ4v) is 3.33. The van der Waals surface area contributed by atoms with E-state index in [1.807, 2.05) is 18.2 Å². The molecule has 0 aromatic heterocycles. The summed E-state index contributed by atoms with van der Waals surface area (Å²) in [7, 11) is 0. The number of carbonyl (C=O) groups is 1. The number of rotatable bonds is 17. The quantitative estimate of drug-likeness (QED) is 0.184. The Bertz CT molecular complexity index is 458. The van der Waals surface area contributed by atoms with Crippen molar-refractivity contribution in [2.45, 2.75) is 109 Å². The largest absolute Gasteiger partial charge is 0.427 e. The van der Waals surface area contributed by atoms with Gasteiger partial charge in [-0.3, -0.25) is 4.79 Å². The minimum atomic E-state index is -0.157. The highest BCUT2D eigenvalue weighted by Gasteiger charge is 2.06. The molecule has 1 aromatic carbocycles. The molecule has 0 saturated carbocycles. The molecule has 27 heavy (non-hydrogen) atoms. The van der Waals surface area contributed by atoms with Crippen molar-refractivity contribution in [2.24, 2.45) is 0 Å². The van der Waals surface area contributed by atoms with Crippen molar-refractivity contribution in [3.8, 4) is 5.75 Å². The molecule has 3 nitrogen and oxygen atoms in total. The molecule has 0 amide bonds. The summed E-state index contributed by atoms with van der Waals surface area (Å²) in [5, 5.41) is 10.1. The maximum atomic E-state index is 11.7. The lowest BCUT2D eigenvalue weighted by Crippen LogP contribution is -2.08. The number of hydrogen-bond acceptors (Lipinski definition) is 3. The minimum Gasteiger partial charge on any atom is -0.427 e. The molecule has 0 aliphatic carbocycles. The van der Waals surface area contributed by atoms with E-state index in [2.05, 4.69) is 6.92 Å². The highest BCUT2D eigenvalue weighted by atomic mass is 16.5. The van der Waals surface area contributed by atoms with Crippen LogP contribution in [0.4, 0.5) is 0 Å². The van der Waals surface area contributed by atoms with Crippen LogP contribution in [0.25, 0.3) is 0 Å². The molecule has 1 unspecified atom stereocenters. The molecular formula is C24H40O3. The molecular weight excluding hydrogens is 336 g/mol. The van der Waals surface area contributed by atoms with Crippen LogP contribution in [0.1, 0.15) is 103 Å². The molecule has 154 valence electrons. The fourth-order valence-electron chi connectivity index (χ4n) is 3.33. The second kappa shape index (κ2) is 16.8. The van der Waals surface area contributed by atoms with E-state index in [0.717, 1.165) is 44.9 Å². The number of ether oxygens (including phenoxy) is 1. The predicted molar refractivity (Wildman–Crippen MR) is 113 cm³/mol. The normalized spacial score (nSPS) is 12.1. The van der Waals surface area contributed by atoms with Gasteiger partial charge in [0.05, 0.1) is 6.10 Å². The Hall–Kier alpha value is -1.35. The summed E-state index contributed by atoms with van der Waals surface area (Å²) in [6.45, 7) is 2.25. The maximum Gasteiger partial charge on any atom is 0.311 e. The summed E-state index contributed by atoms with van der Waals surface area (Å²) in [6.07, 6.45) is 16.7.